The third-order valence-electron chi connectivity index (χ3n) is 3.34. The highest BCUT2D eigenvalue weighted by Gasteiger charge is 2.04. The van der Waals surface area contributed by atoms with E-state index in [1.165, 1.54) is 11.3 Å². The van der Waals surface area contributed by atoms with Gasteiger partial charge in [-0.3, -0.25) is 4.79 Å². The average molecular weight is 338 g/mol. The van der Waals surface area contributed by atoms with E-state index in [1.807, 2.05) is 41.9 Å². The number of nitriles is 1. The summed E-state index contributed by atoms with van der Waals surface area (Å²) in [4.78, 5) is 12.5. The molecule has 1 N–H and O–H groups in total. The Morgan fingerprint density at radius 1 is 1.29 bits per heavy atom. The van der Waals surface area contributed by atoms with Crippen molar-refractivity contribution in [2.75, 3.05) is 6.61 Å². The fourth-order valence-electron chi connectivity index (χ4n) is 2.11. The SMILES string of the molecule is Cn1/c(=N/NC(=O)COc2ccc(C#N)cc2)sc2ccccc21. The van der Waals surface area contributed by atoms with E-state index in [0.29, 0.717) is 16.1 Å². The van der Waals surface area contributed by atoms with Crippen LogP contribution in [0.2, 0.25) is 0 Å². The second-order valence-electron chi connectivity index (χ2n) is 4.98. The molecule has 0 spiro atoms. The van der Waals surface area contributed by atoms with Crippen LogP contribution >= 0.6 is 11.3 Å². The van der Waals surface area contributed by atoms with E-state index >= 15 is 0 Å². The van der Waals surface area contributed by atoms with Gasteiger partial charge in [-0.1, -0.05) is 23.5 Å². The van der Waals surface area contributed by atoms with Gasteiger partial charge in [0.15, 0.2) is 6.61 Å². The summed E-state index contributed by atoms with van der Waals surface area (Å²) in [6.07, 6.45) is 0. The molecule has 6 nitrogen and oxygen atoms in total. The van der Waals surface area contributed by atoms with Gasteiger partial charge in [-0.15, -0.1) is 5.10 Å². The largest absolute Gasteiger partial charge is 0.484 e. The van der Waals surface area contributed by atoms with Crippen molar-refractivity contribution in [3.63, 3.8) is 0 Å². The summed E-state index contributed by atoms with van der Waals surface area (Å²) in [5.74, 6) is 0.174. The number of aromatic nitrogens is 1. The molecule has 3 aromatic rings. The van der Waals surface area contributed by atoms with Crippen molar-refractivity contribution in [2.24, 2.45) is 12.1 Å². The van der Waals surface area contributed by atoms with E-state index < -0.39 is 0 Å². The van der Waals surface area contributed by atoms with Crippen molar-refractivity contribution in [3.05, 3.63) is 58.9 Å². The number of nitrogens with zero attached hydrogens (tertiary/aromatic N) is 3. The van der Waals surface area contributed by atoms with Gasteiger partial charge in [-0.25, -0.2) is 5.43 Å². The third-order valence-corrected chi connectivity index (χ3v) is 4.46. The fourth-order valence-corrected chi connectivity index (χ4v) is 3.08. The number of hydrogen-bond donors (Lipinski definition) is 1. The standard InChI is InChI=1S/C17H14N4O2S/c1-21-14-4-2-3-5-15(14)24-17(21)20-19-16(22)11-23-13-8-6-12(10-18)7-9-13/h2-9H,11H2,1H3,(H,19,22)/b20-17-. The Morgan fingerprint density at radius 3 is 2.75 bits per heavy atom. The molecule has 0 radical (unpaired) electrons. The molecule has 1 amide bonds. The topological polar surface area (TPSA) is 79.4 Å². The molecule has 2 aromatic carbocycles. The molecule has 0 aliphatic heterocycles. The predicted molar refractivity (Wildman–Crippen MR) is 91.2 cm³/mol. The zero-order valence-corrected chi connectivity index (χ0v) is 13.7. The smallest absolute Gasteiger partial charge is 0.278 e. The van der Waals surface area contributed by atoms with Crippen LogP contribution in [-0.2, 0) is 11.8 Å². The molecule has 7 heteroatoms. The minimum atomic E-state index is -0.350. The van der Waals surface area contributed by atoms with Gasteiger partial charge in [0.25, 0.3) is 5.91 Å². The lowest BCUT2D eigenvalue weighted by molar-refractivity contribution is -0.123. The van der Waals surface area contributed by atoms with Gasteiger partial charge in [0.2, 0.25) is 4.80 Å². The number of fused-ring (bicyclic) bond motifs is 1. The molecule has 0 saturated heterocycles. The van der Waals surface area contributed by atoms with Crippen LogP contribution in [0.3, 0.4) is 0 Å². The van der Waals surface area contributed by atoms with Crippen molar-refractivity contribution < 1.29 is 9.53 Å². The first-order chi connectivity index (χ1) is 11.7. The lowest BCUT2D eigenvalue weighted by Crippen LogP contribution is -2.27. The van der Waals surface area contributed by atoms with Crippen molar-refractivity contribution in [1.29, 1.82) is 5.26 Å². The number of para-hydroxylation sites is 1. The first-order valence-corrected chi connectivity index (χ1v) is 7.99. The van der Waals surface area contributed by atoms with Gasteiger partial charge < -0.3 is 9.30 Å². The van der Waals surface area contributed by atoms with E-state index in [4.69, 9.17) is 10.00 Å². The summed E-state index contributed by atoms with van der Waals surface area (Å²) in [7, 11) is 1.90. The van der Waals surface area contributed by atoms with Gasteiger partial charge in [0.05, 0.1) is 21.8 Å². The molecule has 0 bridgehead atoms. The Morgan fingerprint density at radius 2 is 2.04 bits per heavy atom. The lowest BCUT2D eigenvalue weighted by atomic mass is 10.2. The molecule has 0 saturated carbocycles. The number of carbonyl (C=O) groups is 1. The van der Waals surface area contributed by atoms with Crippen LogP contribution in [0.4, 0.5) is 0 Å². The predicted octanol–water partition coefficient (Wildman–Crippen LogP) is 2.12. The second kappa shape index (κ2) is 6.98. The number of nitrogens with one attached hydrogen (secondary N) is 1. The van der Waals surface area contributed by atoms with Crippen LogP contribution < -0.4 is 15.0 Å². The summed E-state index contributed by atoms with van der Waals surface area (Å²) < 4.78 is 8.38. The van der Waals surface area contributed by atoms with E-state index in [1.54, 1.807) is 24.3 Å². The van der Waals surface area contributed by atoms with Crippen molar-refractivity contribution >= 4 is 27.5 Å². The monoisotopic (exact) mass is 338 g/mol. The number of ether oxygens (including phenoxy) is 1. The van der Waals surface area contributed by atoms with Gasteiger partial charge in [-0.2, -0.15) is 5.26 Å². The van der Waals surface area contributed by atoms with Crippen molar-refractivity contribution in [2.45, 2.75) is 0 Å². The highest BCUT2D eigenvalue weighted by molar-refractivity contribution is 7.16. The Bertz CT molecular complexity index is 980. The number of rotatable bonds is 4. The van der Waals surface area contributed by atoms with Gasteiger partial charge in [-0.05, 0) is 36.4 Å². The number of amides is 1. The molecule has 0 atom stereocenters. The minimum Gasteiger partial charge on any atom is -0.484 e. The average Bonchev–Trinajstić information content (AvgIpc) is 2.95. The summed E-state index contributed by atoms with van der Waals surface area (Å²) in [5.41, 5.74) is 4.09. The quantitative estimate of drug-likeness (QED) is 0.740. The summed E-state index contributed by atoms with van der Waals surface area (Å²) in [5, 5.41) is 12.9. The molecule has 24 heavy (non-hydrogen) atoms. The van der Waals surface area contributed by atoms with Crippen LogP contribution in [0.1, 0.15) is 5.56 Å². The zero-order valence-electron chi connectivity index (χ0n) is 12.9. The number of thiazole rings is 1. The lowest BCUT2D eigenvalue weighted by Gasteiger charge is -2.04. The zero-order chi connectivity index (χ0) is 16.9. The number of carbonyl (C=O) groups excluding carboxylic acids is 1. The molecule has 0 aliphatic carbocycles. The highest BCUT2D eigenvalue weighted by atomic mass is 32.1. The molecule has 3 rings (SSSR count). The molecular weight excluding hydrogens is 324 g/mol. The normalized spacial score (nSPS) is 11.2. The van der Waals surface area contributed by atoms with Crippen molar-refractivity contribution in [3.8, 4) is 11.8 Å². The maximum atomic E-state index is 11.9. The van der Waals surface area contributed by atoms with Crippen LogP contribution in [-0.4, -0.2) is 17.1 Å². The van der Waals surface area contributed by atoms with Gasteiger partial charge in [0.1, 0.15) is 5.75 Å². The Balaban J connectivity index is 1.64. The van der Waals surface area contributed by atoms with Crippen molar-refractivity contribution in [1.82, 2.24) is 9.99 Å². The molecule has 1 aromatic heterocycles. The van der Waals surface area contributed by atoms with E-state index in [0.717, 1.165) is 10.2 Å². The maximum Gasteiger partial charge on any atom is 0.278 e. The molecule has 0 aliphatic rings. The fraction of sp³-hybridized carbons (Fsp3) is 0.118. The molecular formula is C17H14N4O2S. The maximum absolute atomic E-state index is 11.9. The Kier molecular flexibility index (Phi) is 4.59. The number of hydrogen-bond acceptors (Lipinski definition) is 5. The van der Waals surface area contributed by atoms with Gasteiger partial charge >= 0.3 is 0 Å². The highest BCUT2D eigenvalue weighted by Crippen LogP contribution is 2.15. The van der Waals surface area contributed by atoms with E-state index in [-0.39, 0.29) is 12.5 Å². The van der Waals surface area contributed by atoms with Crippen LogP contribution in [0.25, 0.3) is 10.2 Å². The van der Waals surface area contributed by atoms with E-state index in [2.05, 4.69) is 10.5 Å². The summed E-state index contributed by atoms with van der Waals surface area (Å²) >= 11 is 1.49. The van der Waals surface area contributed by atoms with Crippen LogP contribution in [0.5, 0.6) is 5.75 Å². The Labute approximate surface area is 142 Å². The molecule has 0 unspecified atom stereocenters. The Hall–Kier alpha value is -3.11. The van der Waals surface area contributed by atoms with Crippen LogP contribution in [0.15, 0.2) is 53.6 Å². The number of benzene rings is 2. The summed E-state index contributed by atoms with van der Waals surface area (Å²) in [6.45, 7) is -0.149. The van der Waals surface area contributed by atoms with E-state index in [9.17, 15) is 4.79 Å². The molecule has 0 fully saturated rings. The third kappa shape index (κ3) is 3.45. The minimum absolute atomic E-state index is 0.149. The van der Waals surface area contributed by atoms with Crippen LogP contribution in [0, 0.1) is 11.3 Å². The second-order valence-corrected chi connectivity index (χ2v) is 5.99. The first kappa shape index (κ1) is 15.8. The molecule has 1 heterocycles. The number of aryl methyl sites for hydroxylation is 1. The molecule has 120 valence electrons. The summed E-state index contributed by atoms with van der Waals surface area (Å²) in [6, 6.07) is 16.5. The first-order valence-electron chi connectivity index (χ1n) is 7.17. The van der Waals surface area contributed by atoms with Gasteiger partial charge in [0, 0.05) is 7.05 Å².